The quantitative estimate of drug-likeness (QED) is 0.579. The zero-order chi connectivity index (χ0) is 20.9. The Kier molecular flexibility index (Phi) is 6.04. The summed E-state index contributed by atoms with van der Waals surface area (Å²) < 4.78 is 23.9. The van der Waals surface area contributed by atoms with E-state index in [9.17, 15) is 9.18 Å². The Morgan fingerprint density at radius 2 is 1.83 bits per heavy atom. The molecular formula is C22H23FN4O3. The molecule has 2 heterocycles. The number of halogens is 1. The number of rotatable bonds is 6. The van der Waals surface area contributed by atoms with Crippen LogP contribution < -0.4 is 4.90 Å². The number of anilines is 1. The van der Waals surface area contributed by atoms with Gasteiger partial charge in [0, 0.05) is 38.3 Å². The molecule has 0 spiro atoms. The first-order chi connectivity index (χ1) is 14.6. The fourth-order valence-electron chi connectivity index (χ4n) is 3.52. The lowest BCUT2D eigenvalue weighted by atomic mass is 10.1. The lowest BCUT2D eigenvalue weighted by molar-refractivity contribution is 0.0600. The summed E-state index contributed by atoms with van der Waals surface area (Å²) in [6.45, 7) is 3.98. The highest BCUT2D eigenvalue weighted by molar-refractivity contribution is 5.89. The van der Waals surface area contributed by atoms with E-state index >= 15 is 0 Å². The van der Waals surface area contributed by atoms with E-state index in [1.807, 2.05) is 12.1 Å². The first kappa shape index (κ1) is 20.0. The molecule has 0 N–H and O–H groups in total. The summed E-state index contributed by atoms with van der Waals surface area (Å²) in [5.41, 5.74) is 2.17. The Balaban J connectivity index is 1.29. The van der Waals surface area contributed by atoms with E-state index in [4.69, 9.17) is 9.26 Å². The van der Waals surface area contributed by atoms with E-state index in [1.54, 1.807) is 30.3 Å². The molecule has 7 nitrogen and oxygen atoms in total. The third-order valence-corrected chi connectivity index (χ3v) is 5.20. The van der Waals surface area contributed by atoms with Crippen LogP contribution in [-0.2, 0) is 17.7 Å². The van der Waals surface area contributed by atoms with Crippen LogP contribution in [0, 0.1) is 5.82 Å². The second-order valence-electron chi connectivity index (χ2n) is 7.17. The largest absolute Gasteiger partial charge is 0.465 e. The molecule has 1 aliphatic heterocycles. The summed E-state index contributed by atoms with van der Waals surface area (Å²) in [7, 11) is 1.38. The maximum Gasteiger partial charge on any atom is 0.337 e. The van der Waals surface area contributed by atoms with Crippen LogP contribution in [0.3, 0.4) is 0 Å². The number of carbonyl (C=O) groups excluding carboxylic acids is 1. The molecule has 2 aromatic carbocycles. The van der Waals surface area contributed by atoms with Gasteiger partial charge in [-0.1, -0.05) is 23.4 Å². The third kappa shape index (κ3) is 4.65. The van der Waals surface area contributed by atoms with Crippen LogP contribution in [0.5, 0.6) is 0 Å². The van der Waals surface area contributed by atoms with Crippen molar-refractivity contribution in [3.63, 3.8) is 0 Å². The summed E-state index contributed by atoms with van der Waals surface area (Å²) in [5, 5.41) is 3.98. The van der Waals surface area contributed by atoms with Gasteiger partial charge in [-0.25, -0.2) is 9.18 Å². The average molecular weight is 410 g/mol. The molecule has 30 heavy (non-hydrogen) atoms. The van der Waals surface area contributed by atoms with Crippen molar-refractivity contribution in [3.05, 3.63) is 77.2 Å². The molecule has 1 fully saturated rings. The average Bonchev–Trinajstić information content (AvgIpc) is 3.22. The van der Waals surface area contributed by atoms with Crippen molar-refractivity contribution < 1.29 is 18.4 Å². The van der Waals surface area contributed by atoms with Crippen LogP contribution in [-0.4, -0.2) is 54.3 Å². The van der Waals surface area contributed by atoms with E-state index in [0.717, 1.165) is 31.9 Å². The number of methoxy groups -OCH3 is 1. The molecule has 4 rings (SSSR count). The highest BCUT2D eigenvalue weighted by Gasteiger charge is 2.20. The number of esters is 1. The molecular weight excluding hydrogens is 387 g/mol. The number of piperazine rings is 1. The molecule has 0 radical (unpaired) electrons. The zero-order valence-corrected chi connectivity index (χ0v) is 16.8. The predicted octanol–water partition coefficient (Wildman–Crippen LogP) is 2.91. The summed E-state index contributed by atoms with van der Waals surface area (Å²) in [6, 6.07) is 14.0. The second-order valence-corrected chi connectivity index (χ2v) is 7.17. The molecule has 0 unspecified atom stereocenters. The van der Waals surface area contributed by atoms with Gasteiger partial charge in [-0.2, -0.15) is 4.98 Å². The number of hydrogen-bond donors (Lipinski definition) is 0. The van der Waals surface area contributed by atoms with E-state index in [0.29, 0.717) is 35.8 Å². The predicted molar refractivity (Wildman–Crippen MR) is 109 cm³/mol. The summed E-state index contributed by atoms with van der Waals surface area (Å²) >= 11 is 0. The summed E-state index contributed by atoms with van der Waals surface area (Å²) in [5.74, 6) is 0.427. The highest BCUT2D eigenvalue weighted by atomic mass is 19.1. The Hall–Kier alpha value is -3.26. The number of aromatic nitrogens is 2. The van der Waals surface area contributed by atoms with E-state index in [-0.39, 0.29) is 11.8 Å². The van der Waals surface area contributed by atoms with E-state index in [2.05, 4.69) is 19.9 Å². The van der Waals surface area contributed by atoms with Crippen molar-refractivity contribution in [2.24, 2.45) is 0 Å². The second kappa shape index (κ2) is 9.04. The smallest absolute Gasteiger partial charge is 0.337 e. The highest BCUT2D eigenvalue weighted by Crippen LogP contribution is 2.19. The van der Waals surface area contributed by atoms with Crippen molar-refractivity contribution in [1.82, 2.24) is 15.0 Å². The Bertz CT molecular complexity index is 998. The number of nitrogens with zero attached hydrogens (tertiary/aromatic N) is 4. The standard InChI is InChI=1S/C22H23FN4O3/c1-29-22(28)16-6-8-18(9-7-16)27-12-10-26(11-13-27)15-21-24-20(25-30-21)14-17-4-2-3-5-19(17)23/h2-9H,10-15H2,1H3. The SMILES string of the molecule is COC(=O)c1ccc(N2CCN(Cc3nc(Cc4ccccc4F)no3)CC2)cc1. The minimum Gasteiger partial charge on any atom is -0.465 e. The van der Waals surface area contributed by atoms with Crippen LogP contribution in [0.2, 0.25) is 0 Å². The van der Waals surface area contributed by atoms with Crippen LogP contribution in [0.1, 0.15) is 27.6 Å². The number of benzene rings is 2. The van der Waals surface area contributed by atoms with Gasteiger partial charge in [0.1, 0.15) is 5.82 Å². The van der Waals surface area contributed by atoms with Gasteiger partial charge in [0.05, 0.1) is 19.2 Å². The fourth-order valence-corrected chi connectivity index (χ4v) is 3.52. The number of hydrogen-bond acceptors (Lipinski definition) is 7. The number of carbonyl (C=O) groups is 1. The van der Waals surface area contributed by atoms with Gasteiger partial charge in [0.2, 0.25) is 5.89 Å². The van der Waals surface area contributed by atoms with E-state index in [1.165, 1.54) is 13.2 Å². The molecule has 0 aliphatic carbocycles. The van der Waals surface area contributed by atoms with E-state index < -0.39 is 0 Å². The van der Waals surface area contributed by atoms with Crippen molar-refractivity contribution in [2.75, 3.05) is 38.2 Å². The molecule has 0 atom stereocenters. The topological polar surface area (TPSA) is 71.7 Å². The molecule has 0 amide bonds. The van der Waals surface area contributed by atoms with Crippen LogP contribution in [0.15, 0.2) is 53.1 Å². The van der Waals surface area contributed by atoms with Gasteiger partial charge in [0.25, 0.3) is 0 Å². The zero-order valence-electron chi connectivity index (χ0n) is 16.8. The molecule has 8 heteroatoms. The molecule has 0 saturated carbocycles. The van der Waals surface area contributed by atoms with Gasteiger partial charge < -0.3 is 14.2 Å². The van der Waals surface area contributed by atoms with Gasteiger partial charge in [-0.3, -0.25) is 4.90 Å². The molecule has 0 bridgehead atoms. The van der Waals surface area contributed by atoms with Crippen LogP contribution >= 0.6 is 0 Å². The molecule has 1 aliphatic rings. The van der Waals surface area contributed by atoms with Gasteiger partial charge in [0.15, 0.2) is 5.82 Å². The Morgan fingerprint density at radius 1 is 1.10 bits per heavy atom. The van der Waals surface area contributed by atoms with Crippen molar-refractivity contribution >= 4 is 11.7 Å². The van der Waals surface area contributed by atoms with Crippen molar-refractivity contribution in [3.8, 4) is 0 Å². The minimum atomic E-state index is -0.333. The summed E-state index contributed by atoms with van der Waals surface area (Å²) in [4.78, 5) is 20.5. The van der Waals surface area contributed by atoms with Gasteiger partial charge in [-0.15, -0.1) is 0 Å². The van der Waals surface area contributed by atoms with Crippen molar-refractivity contribution in [1.29, 1.82) is 0 Å². The third-order valence-electron chi connectivity index (χ3n) is 5.20. The monoisotopic (exact) mass is 410 g/mol. The van der Waals surface area contributed by atoms with Crippen molar-refractivity contribution in [2.45, 2.75) is 13.0 Å². The number of ether oxygens (including phenoxy) is 1. The van der Waals surface area contributed by atoms with Crippen LogP contribution in [0.25, 0.3) is 0 Å². The normalized spacial score (nSPS) is 14.7. The first-order valence-electron chi connectivity index (χ1n) is 9.83. The molecule has 156 valence electrons. The lowest BCUT2D eigenvalue weighted by Gasteiger charge is -2.35. The van der Waals surface area contributed by atoms with Crippen LogP contribution in [0.4, 0.5) is 10.1 Å². The Labute approximate surface area is 174 Å². The van der Waals surface area contributed by atoms with Gasteiger partial charge in [-0.05, 0) is 35.9 Å². The molecule has 1 aromatic heterocycles. The molecule has 1 saturated heterocycles. The lowest BCUT2D eigenvalue weighted by Crippen LogP contribution is -2.46. The fraction of sp³-hybridized carbons (Fsp3) is 0.318. The maximum absolute atomic E-state index is 13.8. The Morgan fingerprint density at radius 3 is 2.53 bits per heavy atom. The first-order valence-corrected chi connectivity index (χ1v) is 9.83. The maximum atomic E-state index is 13.8. The van der Waals surface area contributed by atoms with Gasteiger partial charge >= 0.3 is 5.97 Å². The minimum absolute atomic E-state index is 0.264. The summed E-state index contributed by atoms with van der Waals surface area (Å²) in [6.07, 6.45) is 0.311. The molecule has 3 aromatic rings.